The molecule has 3 rings (SSSR count). The number of nitrogens with one attached hydrogen (secondary N) is 2. The molecule has 2 N–H and O–H groups in total. The minimum absolute atomic E-state index is 0.129. The highest BCUT2D eigenvalue weighted by Crippen LogP contribution is 2.12. The van der Waals surface area contributed by atoms with E-state index in [1.54, 1.807) is 31.2 Å². The van der Waals surface area contributed by atoms with Gasteiger partial charge in [0.15, 0.2) is 0 Å². The number of benzene rings is 2. The second-order valence-corrected chi connectivity index (χ2v) is 7.30. The fourth-order valence-electron chi connectivity index (χ4n) is 3.12. The van der Waals surface area contributed by atoms with Crippen molar-refractivity contribution < 1.29 is 9.59 Å². The second kappa shape index (κ2) is 9.22. The van der Waals surface area contributed by atoms with E-state index in [1.165, 1.54) is 4.57 Å². The molecule has 6 heteroatoms. The predicted molar refractivity (Wildman–Crippen MR) is 118 cm³/mol. The Labute approximate surface area is 175 Å². The number of carbonyl (C=O) groups is 2. The van der Waals surface area contributed by atoms with Gasteiger partial charge in [0.25, 0.3) is 11.5 Å². The first kappa shape index (κ1) is 21.0. The number of hydrogen-bond donors (Lipinski definition) is 2. The molecule has 154 valence electrons. The van der Waals surface area contributed by atoms with Gasteiger partial charge >= 0.3 is 0 Å². The first-order valence-electron chi connectivity index (χ1n) is 9.78. The Hall–Kier alpha value is -3.67. The van der Waals surface area contributed by atoms with Crippen molar-refractivity contribution in [3.8, 4) is 0 Å². The number of aromatic nitrogens is 1. The van der Waals surface area contributed by atoms with Crippen molar-refractivity contribution in [3.05, 3.63) is 99.5 Å². The van der Waals surface area contributed by atoms with Crippen LogP contribution in [0.1, 0.15) is 40.1 Å². The zero-order valence-electron chi connectivity index (χ0n) is 17.3. The zero-order valence-corrected chi connectivity index (χ0v) is 17.3. The largest absolute Gasteiger partial charge is 0.348 e. The molecule has 3 aromatic rings. The molecule has 2 amide bonds. The van der Waals surface area contributed by atoms with Crippen LogP contribution >= 0.6 is 0 Å². The molecule has 0 saturated heterocycles. The highest BCUT2D eigenvalue weighted by atomic mass is 16.2. The Kier molecular flexibility index (Phi) is 6.47. The van der Waals surface area contributed by atoms with E-state index >= 15 is 0 Å². The van der Waals surface area contributed by atoms with Gasteiger partial charge < -0.3 is 15.2 Å². The van der Waals surface area contributed by atoms with E-state index in [-0.39, 0.29) is 30.1 Å². The number of hydrogen-bond acceptors (Lipinski definition) is 3. The monoisotopic (exact) mass is 403 g/mol. The fourth-order valence-corrected chi connectivity index (χ4v) is 3.12. The Balaban J connectivity index is 1.74. The van der Waals surface area contributed by atoms with Crippen LogP contribution in [-0.4, -0.2) is 16.4 Å². The summed E-state index contributed by atoms with van der Waals surface area (Å²) in [5, 5.41) is 5.55. The zero-order chi connectivity index (χ0) is 21.7. The third-order valence-electron chi connectivity index (χ3n) is 4.93. The maximum Gasteiger partial charge on any atom is 0.274 e. The van der Waals surface area contributed by atoms with Gasteiger partial charge in [-0.1, -0.05) is 48.0 Å². The number of carbonyl (C=O) groups excluding carboxylic acids is 2. The molecule has 0 aliphatic carbocycles. The normalized spacial score (nSPS) is 11.6. The summed E-state index contributed by atoms with van der Waals surface area (Å²) in [7, 11) is 0. The van der Waals surface area contributed by atoms with Crippen molar-refractivity contribution in [2.45, 2.75) is 33.4 Å². The van der Waals surface area contributed by atoms with Crippen LogP contribution in [0.4, 0.5) is 5.69 Å². The maximum absolute atomic E-state index is 12.9. The standard InChI is InChI=1S/C24H25N3O3/c1-16-9-12-20(13-10-16)23(29)26-21-14-11-17(2)27(24(21)30)15-22(28)25-18(3)19-7-5-4-6-8-19/h4-14,18H,15H2,1-3H3,(H,25,28)(H,26,29). The smallest absolute Gasteiger partial charge is 0.274 e. The van der Waals surface area contributed by atoms with E-state index in [9.17, 15) is 14.4 Å². The van der Waals surface area contributed by atoms with E-state index in [0.717, 1.165) is 11.1 Å². The summed E-state index contributed by atoms with van der Waals surface area (Å²) in [5.41, 5.74) is 2.83. The molecule has 6 nitrogen and oxygen atoms in total. The summed E-state index contributed by atoms with van der Waals surface area (Å²) >= 11 is 0. The van der Waals surface area contributed by atoms with Crippen LogP contribution in [0.2, 0.25) is 0 Å². The Bertz CT molecular complexity index is 1100. The summed E-state index contributed by atoms with van der Waals surface area (Å²) in [6.07, 6.45) is 0. The highest BCUT2D eigenvalue weighted by molar-refractivity contribution is 6.04. The van der Waals surface area contributed by atoms with E-state index in [0.29, 0.717) is 11.3 Å². The molecule has 30 heavy (non-hydrogen) atoms. The van der Waals surface area contributed by atoms with Crippen LogP contribution in [0, 0.1) is 13.8 Å². The number of nitrogens with zero attached hydrogens (tertiary/aromatic N) is 1. The predicted octanol–water partition coefficient (Wildman–Crippen LogP) is 3.59. The number of aryl methyl sites for hydroxylation is 2. The van der Waals surface area contributed by atoms with Crippen molar-refractivity contribution in [1.82, 2.24) is 9.88 Å². The molecular weight excluding hydrogens is 378 g/mol. The molecule has 0 radical (unpaired) electrons. The van der Waals surface area contributed by atoms with Gasteiger partial charge in [0, 0.05) is 11.3 Å². The summed E-state index contributed by atoms with van der Waals surface area (Å²) in [6, 6.07) is 19.8. The van der Waals surface area contributed by atoms with Gasteiger partial charge in [-0.15, -0.1) is 0 Å². The number of rotatable bonds is 6. The van der Waals surface area contributed by atoms with Gasteiger partial charge in [-0.05, 0) is 50.6 Å². The van der Waals surface area contributed by atoms with Crippen molar-refractivity contribution >= 4 is 17.5 Å². The Morgan fingerprint density at radius 3 is 2.27 bits per heavy atom. The molecular formula is C24H25N3O3. The molecule has 2 aromatic carbocycles. The summed E-state index contributed by atoms with van der Waals surface area (Å²) in [6.45, 7) is 5.45. The van der Waals surface area contributed by atoms with Gasteiger partial charge in [0.05, 0.1) is 6.04 Å². The van der Waals surface area contributed by atoms with Crippen molar-refractivity contribution in [1.29, 1.82) is 0 Å². The number of amides is 2. The first-order chi connectivity index (χ1) is 14.3. The SMILES string of the molecule is Cc1ccc(C(=O)Nc2ccc(C)n(CC(=O)NC(C)c3ccccc3)c2=O)cc1. The summed E-state index contributed by atoms with van der Waals surface area (Å²) in [4.78, 5) is 37.9. The van der Waals surface area contributed by atoms with E-state index in [4.69, 9.17) is 0 Å². The van der Waals surface area contributed by atoms with Crippen LogP contribution in [0.25, 0.3) is 0 Å². The quantitative estimate of drug-likeness (QED) is 0.660. The van der Waals surface area contributed by atoms with Crippen LogP contribution in [0.15, 0.2) is 71.5 Å². The third-order valence-corrected chi connectivity index (χ3v) is 4.93. The molecule has 0 spiro atoms. The second-order valence-electron chi connectivity index (χ2n) is 7.30. The van der Waals surface area contributed by atoms with Crippen LogP contribution in [0.3, 0.4) is 0 Å². The molecule has 1 unspecified atom stereocenters. The van der Waals surface area contributed by atoms with Gasteiger partial charge in [0.2, 0.25) is 5.91 Å². The third kappa shape index (κ3) is 5.03. The summed E-state index contributed by atoms with van der Waals surface area (Å²) < 4.78 is 1.36. The fraction of sp³-hybridized carbons (Fsp3) is 0.208. The molecule has 0 aliphatic rings. The number of pyridine rings is 1. The van der Waals surface area contributed by atoms with E-state index in [1.807, 2.05) is 56.3 Å². The lowest BCUT2D eigenvalue weighted by atomic mass is 10.1. The molecule has 1 heterocycles. The van der Waals surface area contributed by atoms with Crippen LogP contribution < -0.4 is 16.2 Å². The summed E-state index contributed by atoms with van der Waals surface area (Å²) in [5.74, 6) is -0.650. The minimum Gasteiger partial charge on any atom is -0.348 e. The lowest BCUT2D eigenvalue weighted by Crippen LogP contribution is -2.35. The highest BCUT2D eigenvalue weighted by Gasteiger charge is 2.15. The lowest BCUT2D eigenvalue weighted by molar-refractivity contribution is -0.122. The molecule has 0 aliphatic heterocycles. The average molecular weight is 403 g/mol. The molecule has 0 bridgehead atoms. The average Bonchev–Trinajstić information content (AvgIpc) is 2.74. The maximum atomic E-state index is 12.9. The van der Waals surface area contributed by atoms with Crippen molar-refractivity contribution in [3.63, 3.8) is 0 Å². The number of anilines is 1. The van der Waals surface area contributed by atoms with E-state index < -0.39 is 5.56 Å². The van der Waals surface area contributed by atoms with Crippen LogP contribution in [0.5, 0.6) is 0 Å². The van der Waals surface area contributed by atoms with Gasteiger partial charge in [-0.25, -0.2) is 0 Å². The van der Waals surface area contributed by atoms with Gasteiger partial charge in [-0.2, -0.15) is 0 Å². The topological polar surface area (TPSA) is 80.2 Å². The molecule has 0 saturated carbocycles. The van der Waals surface area contributed by atoms with Crippen molar-refractivity contribution in [2.24, 2.45) is 0 Å². The van der Waals surface area contributed by atoms with E-state index in [2.05, 4.69) is 10.6 Å². The van der Waals surface area contributed by atoms with Gasteiger partial charge in [-0.3, -0.25) is 14.4 Å². The Morgan fingerprint density at radius 2 is 1.60 bits per heavy atom. The molecule has 1 atom stereocenters. The van der Waals surface area contributed by atoms with Crippen molar-refractivity contribution in [2.75, 3.05) is 5.32 Å². The first-order valence-corrected chi connectivity index (χ1v) is 9.78. The molecule has 0 fully saturated rings. The minimum atomic E-state index is -0.419. The lowest BCUT2D eigenvalue weighted by Gasteiger charge is -2.16. The van der Waals surface area contributed by atoms with Crippen LogP contribution in [-0.2, 0) is 11.3 Å². The Morgan fingerprint density at radius 1 is 0.933 bits per heavy atom. The van der Waals surface area contributed by atoms with Gasteiger partial charge in [0.1, 0.15) is 12.2 Å². The molecule has 1 aromatic heterocycles.